The lowest BCUT2D eigenvalue weighted by atomic mass is 10.1. The van der Waals surface area contributed by atoms with Crippen molar-refractivity contribution < 1.29 is 9.59 Å². The van der Waals surface area contributed by atoms with Gasteiger partial charge in [-0.25, -0.2) is 4.98 Å². The van der Waals surface area contributed by atoms with Crippen molar-refractivity contribution in [3.63, 3.8) is 0 Å². The molecule has 1 fully saturated rings. The van der Waals surface area contributed by atoms with Crippen LogP contribution in [0.5, 0.6) is 0 Å². The smallest absolute Gasteiger partial charge is 0.239 e. The van der Waals surface area contributed by atoms with E-state index in [0.29, 0.717) is 6.54 Å². The van der Waals surface area contributed by atoms with E-state index in [9.17, 15) is 9.59 Å². The Kier molecular flexibility index (Phi) is 7.99. The summed E-state index contributed by atoms with van der Waals surface area (Å²) in [6.07, 6.45) is 1.79. The molecule has 1 saturated heterocycles. The summed E-state index contributed by atoms with van der Waals surface area (Å²) in [5, 5.41) is 5.34. The molecule has 0 unspecified atom stereocenters. The first kappa shape index (κ1) is 21.1. The molecule has 2 rings (SSSR count). The maximum Gasteiger partial charge on any atom is 0.239 e. The van der Waals surface area contributed by atoms with E-state index in [-0.39, 0.29) is 24.3 Å². The molecule has 150 valence electrons. The van der Waals surface area contributed by atoms with Crippen LogP contribution >= 0.6 is 0 Å². The molecule has 1 aromatic heterocycles. The highest BCUT2D eigenvalue weighted by molar-refractivity contribution is 5.87. The number of pyridine rings is 1. The van der Waals surface area contributed by atoms with Crippen molar-refractivity contribution in [2.24, 2.45) is 11.7 Å². The Morgan fingerprint density at radius 2 is 1.89 bits per heavy atom. The summed E-state index contributed by atoms with van der Waals surface area (Å²) in [7, 11) is 0. The predicted molar refractivity (Wildman–Crippen MR) is 106 cm³/mol. The topological polar surface area (TPSA) is 104 Å². The van der Waals surface area contributed by atoms with Gasteiger partial charge in [-0.05, 0) is 24.1 Å². The molecule has 1 aromatic rings. The first-order chi connectivity index (χ1) is 12.9. The number of anilines is 1. The number of hydrogen-bond acceptors (Lipinski definition) is 6. The molecule has 0 aromatic carbocycles. The van der Waals surface area contributed by atoms with Gasteiger partial charge in [-0.1, -0.05) is 26.8 Å². The van der Waals surface area contributed by atoms with Crippen LogP contribution in [0, 0.1) is 5.92 Å². The Hall–Kier alpha value is -2.19. The van der Waals surface area contributed by atoms with E-state index >= 15 is 0 Å². The van der Waals surface area contributed by atoms with Crippen molar-refractivity contribution in [1.29, 1.82) is 0 Å². The van der Waals surface area contributed by atoms with Gasteiger partial charge in [0.05, 0.1) is 12.6 Å². The standard InChI is InChI=1S/C19H32N6O2/c1-4-24-7-9-25(10-8-24)16-6-5-15(11-21-16)12-22-17(26)13-23-19(27)18(20)14(2)3/h5-6,11,14,18H,4,7-10,12-13,20H2,1-3H3,(H,22,26)(H,23,27)/t18-/m0/s1. The molecule has 1 aliphatic rings. The Bertz CT molecular complexity index is 611. The van der Waals surface area contributed by atoms with Crippen LogP contribution in [-0.2, 0) is 16.1 Å². The van der Waals surface area contributed by atoms with Gasteiger partial charge in [-0.3, -0.25) is 9.59 Å². The normalized spacial score (nSPS) is 16.3. The number of nitrogens with one attached hydrogen (secondary N) is 2. The molecule has 8 nitrogen and oxygen atoms in total. The summed E-state index contributed by atoms with van der Waals surface area (Å²) in [5.74, 6) is 0.437. The molecular weight excluding hydrogens is 344 g/mol. The SMILES string of the molecule is CCN1CCN(c2ccc(CNC(=O)CNC(=O)[C@@H](N)C(C)C)cn2)CC1. The molecule has 1 atom stereocenters. The van der Waals surface area contributed by atoms with E-state index in [1.54, 1.807) is 6.20 Å². The molecule has 1 aliphatic heterocycles. The summed E-state index contributed by atoms with van der Waals surface area (Å²) >= 11 is 0. The fraction of sp³-hybridized carbons (Fsp3) is 0.632. The minimum absolute atomic E-state index is 0.0302. The van der Waals surface area contributed by atoms with E-state index in [0.717, 1.165) is 44.1 Å². The lowest BCUT2D eigenvalue weighted by Crippen LogP contribution is -2.47. The third kappa shape index (κ3) is 6.48. The second kappa shape index (κ2) is 10.2. The largest absolute Gasteiger partial charge is 0.354 e. The van der Waals surface area contributed by atoms with Crippen LogP contribution in [0.3, 0.4) is 0 Å². The summed E-state index contributed by atoms with van der Waals surface area (Å²) in [5.41, 5.74) is 6.66. The van der Waals surface area contributed by atoms with Crippen molar-refractivity contribution in [3.8, 4) is 0 Å². The highest BCUT2D eigenvalue weighted by atomic mass is 16.2. The molecule has 27 heavy (non-hydrogen) atoms. The molecule has 8 heteroatoms. The molecule has 2 heterocycles. The number of piperazine rings is 1. The van der Waals surface area contributed by atoms with E-state index in [2.05, 4.69) is 32.3 Å². The molecule has 0 radical (unpaired) electrons. The first-order valence-electron chi connectivity index (χ1n) is 9.63. The van der Waals surface area contributed by atoms with Crippen LogP contribution in [-0.4, -0.2) is 67.0 Å². The van der Waals surface area contributed by atoms with Gasteiger partial charge < -0.3 is 26.2 Å². The van der Waals surface area contributed by atoms with Gasteiger partial charge in [0.25, 0.3) is 0 Å². The zero-order chi connectivity index (χ0) is 19.8. The molecule has 2 amide bonds. The summed E-state index contributed by atoms with van der Waals surface area (Å²) in [6.45, 7) is 11.4. The van der Waals surface area contributed by atoms with Gasteiger partial charge >= 0.3 is 0 Å². The van der Waals surface area contributed by atoms with Crippen molar-refractivity contribution in [2.75, 3.05) is 44.2 Å². The maximum absolute atomic E-state index is 11.9. The molecule has 0 spiro atoms. The molecule has 0 bridgehead atoms. The van der Waals surface area contributed by atoms with Gasteiger partial charge in [0.1, 0.15) is 5.82 Å². The second-order valence-electron chi connectivity index (χ2n) is 7.21. The number of nitrogens with zero attached hydrogens (tertiary/aromatic N) is 3. The average Bonchev–Trinajstić information content (AvgIpc) is 2.70. The first-order valence-corrected chi connectivity index (χ1v) is 9.63. The minimum atomic E-state index is -0.603. The number of hydrogen-bond donors (Lipinski definition) is 3. The Morgan fingerprint density at radius 1 is 1.19 bits per heavy atom. The van der Waals surface area contributed by atoms with Crippen LogP contribution < -0.4 is 21.3 Å². The quantitative estimate of drug-likeness (QED) is 0.587. The van der Waals surface area contributed by atoms with E-state index < -0.39 is 6.04 Å². The van der Waals surface area contributed by atoms with E-state index in [4.69, 9.17) is 5.73 Å². The van der Waals surface area contributed by atoms with E-state index in [1.807, 2.05) is 26.0 Å². The highest BCUT2D eigenvalue weighted by Crippen LogP contribution is 2.14. The van der Waals surface area contributed by atoms with E-state index in [1.165, 1.54) is 0 Å². The summed E-state index contributed by atoms with van der Waals surface area (Å²) < 4.78 is 0. The van der Waals surface area contributed by atoms with Crippen LogP contribution in [0.15, 0.2) is 18.3 Å². The molecule has 0 saturated carbocycles. The molecule has 4 N–H and O–H groups in total. The number of rotatable bonds is 8. The minimum Gasteiger partial charge on any atom is -0.354 e. The Morgan fingerprint density at radius 3 is 2.44 bits per heavy atom. The monoisotopic (exact) mass is 376 g/mol. The lowest BCUT2D eigenvalue weighted by Gasteiger charge is -2.34. The van der Waals surface area contributed by atoms with Crippen molar-refractivity contribution in [3.05, 3.63) is 23.9 Å². The number of amides is 2. The van der Waals surface area contributed by atoms with Crippen molar-refractivity contribution >= 4 is 17.6 Å². The number of carbonyl (C=O) groups is 2. The Labute approximate surface area is 161 Å². The fourth-order valence-electron chi connectivity index (χ4n) is 2.85. The maximum atomic E-state index is 11.9. The van der Waals surface area contributed by atoms with Crippen molar-refractivity contribution in [2.45, 2.75) is 33.4 Å². The second-order valence-corrected chi connectivity index (χ2v) is 7.21. The van der Waals surface area contributed by atoms with Crippen LogP contribution in [0.1, 0.15) is 26.3 Å². The molecular formula is C19H32N6O2. The summed E-state index contributed by atoms with van der Waals surface area (Å²) in [6, 6.07) is 3.36. The summed E-state index contributed by atoms with van der Waals surface area (Å²) in [4.78, 5) is 32.9. The number of likely N-dealkylation sites (N-methyl/N-ethyl adjacent to an activating group) is 1. The van der Waals surface area contributed by atoms with Gasteiger partial charge in [-0.15, -0.1) is 0 Å². The fourth-order valence-corrected chi connectivity index (χ4v) is 2.85. The molecule has 0 aliphatic carbocycles. The average molecular weight is 377 g/mol. The third-order valence-corrected chi connectivity index (χ3v) is 4.89. The predicted octanol–water partition coefficient (Wildman–Crippen LogP) is -0.0608. The van der Waals surface area contributed by atoms with Gasteiger partial charge in [0.15, 0.2) is 0 Å². The number of carbonyl (C=O) groups excluding carboxylic acids is 2. The number of nitrogens with two attached hydrogens (primary N) is 1. The number of aromatic nitrogens is 1. The van der Waals surface area contributed by atoms with Crippen LogP contribution in [0.2, 0.25) is 0 Å². The van der Waals surface area contributed by atoms with Crippen LogP contribution in [0.4, 0.5) is 5.82 Å². The zero-order valence-corrected chi connectivity index (χ0v) is 16.6. The van der Waals surface area contributed by atoms with Crippen LogP contribution in [0.25, 0.3) is 0 Å². The highest BCUT2D eigenvalue weighted by Gasteiger charge is 2.18. The lowest BCUT2D eigenvalue weighted by molar-refractivity contribution is -0.127. The Balaban J connectivity index is 1.73. The van der Waals surface area contributed by atoms with Crippen molar-refractivity contribution in [1.82, 2.24) is 20.5 Å². The van der Waals surface area contributed by atoms with Gasteiger partial charge in [-0.2, -0.15) is 0 Å². The van der Waals surface area contributed by atoms with Gasteiger partial charge in [0, 0.05) is 38.9 Å². The van der Waals surface area contributed by atoms with Gasteiger partial charge in [0.2, 0.25) is 11.8 Å². The third-order valence-electron chi connectivity index (χ3n) is 4.89. The zero-order valence-electron chi connectivity index (χ0n) is 16.6.